The Morgan fingerprint density at radius 2 is 0.935 bits per heavy atom. The van der Waals surface area contributed by atoms with Crippen molar-refractivity contribution in [2.75, 3.05) is 70.0 Å². The Morgan fingerprint density at radius 1 is 0.484 bits per heavy atom. The Morgan fingerprint density at radius 3 is 1.40 bits per heavy atom. The fourth-order valence-electron chi connectivity index (χ4n) is 11.7. The van der Waals surface area contributed by atoms with Crippen LogP contribution in [-0.2, 0) is 57.5 Å². The van der Waals surface area contributed by atoms with Gasteiger partial charge in [-0.15, -0.1) is 0 Å². The monoisotopic (exact) mass is 1320 g/mol. The van der Waals surface area contributed by atoms with Crippen LogP contribution >= 0.6 is 0 Å². The molecule has 11 amide bonds. The van der Waals surface area contributed by atoms with Crippen molar-refractivity contribution in [2.45, 2.75) is 248 Å². The average molecular weight is 1320 g/mol. The molecule has 1 heterocycles. The topological polar surface area (TPSA) is 291 Å². The van der Waals surface area contributed by atoms with Crippen molar-refractivity contribution < 1.29 is 62.6 Å². The maximum Gasteiger partial charge on any atom is 0.273 e. The van der Waals surface area contributed by atoms with Crippen LogP contribution in [0.3, 0.4) is 0 Å². The lowest BCUT2D eigenvalue weighted by molar-refractivity contribution is -0.173. The molecule has 5 N–H and O–H groups in total. The van der Waals surface area contributed by atoms with Crippen LogP contribution in [0.2, 0.25) is 0 Å². The third-order valence-electron chi connectivity index (χ3n) is 17.5. The molecule has 25 nitrogen and oxygen atoms in total. The number of allylic oxidation sites excluding steroid dienone is 2. The summed E-state index contributed by atoms with van der Waals surface area (Å²) >= 11 is 0. The molecule has 1 unspecified atom stereocenters. The molecule has 0 bridgehead atoms. The highest BCUT2D eigenvalue weighted by Gasteiger charge is 2.47. The van der Waals surface area contributed by atoms with Gasteiger partial charge in [-0.05, 0) is 128 Å². The Hall–Kier alpha value is -6.21. The lowest BCUT2D eigenvalue weighted by atomic mass is 9.91. The zero-order valence-corrected chi connectivity index (χ0v) is 61.8. The molecule has 0 aromatic rings. The minimum absolute atomic E-state index is 0.0463. The molecule has 1 fully saturated rings. The molecule has 25 heteroatoms. The van der Waals surface area contributed by atoms with Crippen molar-refractivity contribution in [3.8, 4) is 0 Å². The molecular formula is C68H124N12O13. The van der Waals surface area contributed by atoms with E-state index < -0.39 is 162 Å². The van der Waals surface area contributed by atoms with Gasteiger partial charge in [0.2, 0.25) is 65.3 Å². The maximum absolute atomic E-state index is 15.4. The zero-order chi connectivity index (χ0) is 72.1. The van der Waals surface area contributed by atoms with Gasteiger partial charge >= 0.3 is 0 Å². The van der Waals surface area contributed by atoms with Gasteiger partial charge in [-0.2, -0.15) is 0 Å². The quantitative estimate of drug-likeness (QED) is 0.108. The molecule has 14 atom stereocenters. The first kappa shape index (κ1) is 84.8. The van der Waals surface area contributed by atoms with Crippen LogP contribution in [0.25, 0.3) is 0 Å². The van der Waals surface area contributed by atoms with Crippen molar-refractivity contribution >= 4 is 65.0 Å². The fourth-order valence-corrected chi connectivity index (χ4v) is 11.7. The Labute approximate surface area is 557 Å². The van der Waals surface area contributed by atoms with Crippen molar-refractivity contribution in [1.29, 1.82) is 0 Å². The second kappa shape index (κ2) is 39.0. The summed E-state index contributed by atoms with van der Waals surface area (Å²) in [6, 6.07) is -12.8. The molecule has 0 aromatic carbocycles. The Balaban J connectivity index is 4.57. The number of carbonyl (C=O) groups is 11. The van der Waals surface area contributed by atoms with Gasteiger partial charge in [-0.3, -0.25) is 52.7 Å². The molecule has 534 valence electrons. The normalized spacial score (nSPS) is 26.8. The number of nitrogens with zero attached hydrogens (tertiary/aromatic N) is 8. The van der Waals surface area contributed by atoms with Crippen molar-refractivity contribution in [1.82, 2.24) is 60.5 Å². The lowest BCUT2D eigenvalue weighted by Gasteiger charge is -2.41. The molecule has 0 aliphatic carbocycles. The molecule has 0 spiro atoms. The molecule has 0 aromatic heterocycles. The van der Waals surface area contributed by atoms with Crippen LogP contribution in [0.4, 0.5) is 0 Å². The highest BCUT2D eigenvalue weighted by atomic mass is 16.5. The standard InChI is InChI=1S/C68H124N12O13/c1-28-30-31-44(15)56(81)55-60(85)71-48(29-2)62(87)80(27)68(93-45(16)37-73(19)20)67(92)76(23)51(35-40(7)8)59(84)72-53(42(11)12)65(90)75(22)50(34-39(5)6)58(83)69-46(17)57(82)70-47(18)61(86)74(21)49(33-32-38(3)4)63(88)77(24)52(36-41(9)10)64(89)78(25)54(43(13)14)66(91)79(55)26/h28,30,38-56,68,81H,29,31-37H2,1-27H3,(H,69,83)(H,70,82)(H,71,85)(H,72,84)/b30-28+/t44-,45+,46+,47-,48+,49+,50+,51+,52+,53+,54+,55?,56-,68-/m1/s1. The predicted molar refractivity (Wildman–Crippen MR) is 361 cm³/mol. The summed E-state index contributed by atoms with van der Waals surface area (Å²) in [6.45, 7) is 32.0. The molecule has 93 heavy (non-hydrogen) atoms. The second-order valence-electron chi connectivity index (χ2n) is 28.7. The van der Waals surface area contributed by atoms with Gasteiger partial charge in [-0.25, -0.2) is 0 Å². The van der Waals surface area contributed by atoms with Gasteiger partial charge in [0, 0.05) is 55.9 Å². The van der Waals surface area contributed by atoms with Crippen LogP contribution in [0.1, 0.15) is 170 Å². The zero-order valence-electron chi connectivity index (χ0n) is 61.8. The maximum atomic E-state index is 15.4. The van der Waals surface area contributed by atoms with Crippen LogP contribution in [0.5, 0.6) is 0 Å². The summed E-state index contributed by atoms with van der Waals surface area (Å²) < 4.78 is 6.45. The third-order valence-corrected chi connectivity index (χ3v) is 17.5. The number of aliphatic hydroxyl groups excluding tert-OH is 1. The first-order valence-electron chi connectivity index (χ1n) is 33.6. The number of hydrogen-bond acceptors (Lipinski definition) is 14. The summed E-state index contributed by atoms with van der Waals surface area (Å²) in [5.41, 5.74) is 0. The van der Waals surface area contributed by atoms with E-state index in [-0.39, 0.29) is 62.2 Å². The number of ether oxygens (including phenoxy) is 1. The lowest BCUT2D eigenvalue weighted by Crippen LogP contribution is -2.64. The van der Waals surface area contributed by atoms with E-state index in [0.717, 1.165) is 9.80 Å². The molecule has 1 aliphatic heterocycles. The summed E-state index contributed by atoms with van der Waals surface area (Å²) in [4.78, 5) is 174. The van der Waals surface area contributed by atoms with Crippen LogP contribution in [-0.4, -0.2) is 258 Å². The fraction of sp³-hybridized carbons (Fsp3) is 0.809. The van der Waals surface area contributed by atoms with Gasteiger partial charge in [0.15, 0.2) is 0 Å². The minimum Gasteiger partial charge on any atom is -0.390 e. The highest BCUT2D eigenvalue weighted by molar-refractivity contribution is 6.00. The summed E-state index contributed by atoms with van der Waals surface area (Å²) in [6.07, 6.45) is 0.912. The number of aliphatic hydroxyl groups is 1. The van der Waals surface area contributed by atoms with E-state index in [2.05, 4.69) is 21.3 Å². The van der Waals surface area contributed by atoms with E-state index in [1.807, 2.05) is 60.3 Å². The molecule has 0 saturated carbocycles. The van der Waals surface area contributed by atoms with Crippen molar-refractivity contribution in [3.05, 3.63) is 12.2 Å². The highest BCUT2D eigenvalue weighted by Crippen LogP contribution is 2.26. The van der Waals surface area contributed by atoms with Gasteiger partial charge in [0.1, 0.15) is 60.4 Å². The number of hydrogen-bond donors (Lipinski definition) is 5. The Kier molecular flexibility index (Phi) is 35.5. The first-order chi connectivity index (χ1) is 42.9. The van der Waals surface area contributed by atoms with Gasteiger partial charge < -0.3 is 70.3 Å². The average Bonchev–Trinajstić information content (AvgIpc) is 0.832. The van der Waals surface area contributed by atoms with E-state index in [1.165, 1.54) is 87.7 Å². The summed E-state index contributed by atoms with van der Waals surface area (Å²) in [5.74, 6) is -10.1. The smallest absolute Gasteiger partial charge is 0.273 e. The molecular weight excluding hydrogens is 1190 g/mol. The molecule has 0 radical (unpaired) electrons. The van der Waals surface area contributed by atoms with Crippen LogP contribution in [0.15, 0.2) is 12.2 Å². The largest absolute Gasteiger partial charge is 0.390 e. The molecule has 1 saturated heterocycles. The Bertz CT molecular complexity index is 2520. The second-order valence-corrected chi connectivity index (χ2v) is 28.7. The number of rotatable bonds is 20. The number of carbonyl (C=O) groups excluding carboxylic acids is 11. The van der Waals surface area contributed by atoms with E-state index in [4.69, 9.17) is 4.74 Å². The van der Waals surface area contributed by atoms with Gasteiger partial charge in [0.05, 0.1) is 12.2 Å². The van der Waals surface area contributed by atoms with Crippen LogP contribution < -0.4 is 21.3 Å². The third kappa shape index (κ3) is 24.5. The minimum atomic E-state index is -1.70. The SMILES string of the molecule is C/C=C/C[C@@H](C)[C@@H](O)C1C(=O)N[C@@H](CC)C(=O)N(C)[C@H](O[C@@H](C)CN(C)C)C(=O)N(C)[C@@H](CC(C)C)C(=O)N[C@@H](C(C)C)C(=O)N(C)[C@@H](CC(C)C)C(=O)N[C@@H](C)C(=O)N[C@H](C)C(=O)N(C)[C@@H](CCC(C)C)C(=O)N(C)[C@@H](CC(C)C)C(=O)N(C)[C@@H](C(C)C)C(=O)N1C. The number of likely N-dealkylation sites (N-methyl/N-ethyl adjacent to an activating group) is 8. The van der Waals surface area contributed by atoms with E-state index >= 15 is 28.8 Å². The van der Waals surface area contributed by atoms with Gasteiger partial charge in [-0.1, -0.05) is 109 Å². The summed E-state index contributed by atoms with van der Waals surface area (Å²) in [7, 11) is 13.5. The number of amides is 11. The predicted octanol–water partition coefficient (Wildman–Crippen LogP) is 3.95. The number of nitrogens with one attached hydrogen (secondary N) is 4. The van der Waals surface area contributed by atoms with Gasteiger partial charge in [0.25, 0.3) is 5.91 Å². The van der Waals surface area contributed by atoms with Crippen molar-refractivity contribution in [2.24, 2.45) is 41.4 Å². The molecule has 1 aliphatic rings. The summed E-state index contributed by atoms with van der Waals surface area (Å²) in [5, 5.41) is 23.4. The van der Waals surface area contributed by atoms with E-state index in [1.54, 1.807) is 81.6 Å². The van der Waals surface area contributed by atoms with E-state index in [9.17, 15) is 29.1 Å². The first-order valence-corrected chi connectivity index (χ1v) is 33.6. The van der Waals surface area contributed by atoms with E-state index in [0.29, 0.717) is 13.0 Å². The van der Waals surface area contributed by atoms with Crippen molar-refractivity contribution in [3.63, 3.8) is 0 Å². The molecule has 1 rings (SSSR count). The van der Waals surface area contributed by atoms with Crippen LogP contribution in [0, 0.1) is 41.4 Å².